The number of fused-ring (bicyclic) bond motifs is 1. The highest BCUT2D eigenvalue weighted by Gasteiger charge is 2.23. The molecule has 0 aliphatic carbocycles. The molecule has 0 amide bonds. The lowest BCUT2D eigenvalue weighted by molar-refractivity contribution is 0.171. The van der Waals surface area contributed by atoms with E-state index in [1.165, 1.54) is 0 Å². The summed E-state index contributed by atoms with van der Waals surface area (Å²) in [5.74, 6) is 1.89. The number of rotatable bonds is 3. The Kier molecular flexibility index (Phi) is 2.93. The molecule has 110 valence electrons. The highest BCUT2D eigenvalue weighted by atomic mass is 16.7. The van der Waals surface area contributed by atoms with E-state index < -0.39 is 0 Å². The molecule has 0 saturated heterocycles. The number of aromatic nitrogens is 3. The second kappa shape index (κ2) is 5.07. The molecule has 6 nitrogen and oxygen atoms in total. The highest BCUT2D eigenvalue weighted by Crippen LogP contribution is 2.44. The first-order chi connectivity index (χ1) is 10.9. The van der Waals surface area contributed by atoms with Gasteiger partial charge in [0.15, 0.2) is 11.5 Å². The summed E-state index contributed by atoms with van der Waals surface area (Å²) in [6.45, 7) is 0.194. The molecule has 1 N–H and O–H groups in total. The summed E-state index contributed by atoms with van der Waals surface area (Å²) in [5.41, 5.74) is 3.36. The minimum absolute atomic E-state index is 0.194. The van der Waals surface area contributed by atoms with Gasteiger partial charge >= 0.3 is 0 Å². The van der Waals surface area contributed by atoms with Crippen molar-refractivity contribution in [2.75, 3.05) is 13.9 Å². The first-order valence-electron chi connectivity index (χ1n) is 6.81. The van der Waals surface area contributed by atoms with Crippen molar-refractivity contribution in [1.82, 2.24) is 15.4 Å². The predicted molar refractivity (Wildman–Crippen MR) is 79.9 cm³/mol. The van der Waals surface area contributed by atoms with Gasteiger partial charge in [-0.2, -0.15) is 15.4 Å². The summed E-state index contributed by atoms with van der Waals surface area (Å²) < 4.78 is 16.3. The SMILES string of the molecule is COc1cc(-c2n[nH]nc2-c2ccccc2)cc2c1OCO2. The van der Waals surface area contributed by atoms with Crippen LogP contribution in [0, 0.1) is 0 Å². The van der Waals surface area contributed by atoms with E-state index >= 15 is 0 Å². The normalized spacial score (nSPS) is 12.4. The van der Waals surface area contributed by atoms with Crippen LogP contribution in [0.5, 0.6) is 17.2 Å². The van der Waals surface area contributed by atoms with Crippen molar-refractivity contribution in [1.29, 1.82) is 0 Å². The summed E-state index contributed by atoms with van der Waals surface area (Å²) >= 11 is 0. The van der Waals surface area contributed by atoms with E-state index in [1.54, 1.807) is 7.11 Å². The van der Waals surface area contributed by atoms with E-state index in [2.05, 4.69) is 15.4 Å². The number of nitrogens with one attached hydrogen (secondary N) is 1. The number of nitrogens with zero attached hydrogens (tertiary/aromatic N) is 2. The lowest BCUT2D eigenvalue weighted by Gasteiger charge is -2.07. The van der Waals surface area contributed by atoms with Crippen molar-refractivity contribution in [2.45, 2.75) is 0 Å². The summed E-state index contributed by atoms with van der Waals surface area (Å²) in [4.78, 5) is 0. The third-order valence-electron chi connectivity index (χ3n) is 3.53. The van der Waals surface area contributed by atoms with E-state index in [4.69, 9.17) is 14.2 Å². The third kappa shape index (κ3) is 1.96. The fourth-order valence-electron chi connectivity index (χ4n) is 2.50. The molecule has 4 rings (SSSR count). The summed E-state index contributed by atoms with van der Waals surface area (Å²) in [6, 6.07) is 13.6. The van der Waals surface area contributed by atoms with E-state index in [0.717, 1.165) is 22.5 Å². The summed E-state index contributed by atoms with van der Waals surface area (Å²) in [7, 11) is 1.60. The van der Waals surface area contributed by atoms with Gasteiger partial charge in [-0.3, -0.25) is 0 Å². The van der Waals surface area contributed by atoms with Gasteiger partial charge in [0.1, 0.15) is 11.4 Å². The number of H-pyrrole nitrogens is 1. The molecule has 0 unspecified atom stereocenters. The van der Waals surface area contributed by atoms with Gasteiger partial charge in [-0.1, -0.05) is 30.3 Å². The number of hydrogen-bond donors (Lipinski definition) is 1. The summed E-state index contributed by atoms with van der Waals surface area (Å²) in [6.07, 6.45) is 0. The van der Waals surface area contributed by atoms with Crippen molar-refractivity contribution in [3.05, 3.63) is 42.5 Å². The molecule has 22 heavy (non-hydrogen) atoms. The van der Waals surface area contributed by atoms with Gasteiger partial charge in [0.2, 0.25) is 12.5 Å². The van der Waals surface area contributed by atoms with Gasteiger partial charge in [0.25, 0.3) is 0 Å². The Bertz CT molecular complexity index is 815. The lowest BCUT2D eigenvalue weighted by Crippen LogP contribution is -1.93. The zero-order valence-electron chi connectivity index (χ0n) is 11.9. The smallest absolute Gasteiger partial charge is 0.231 e. The van der Waals surface area contributed by atoms with Gasteiger partial charge < -0.3 is 14.2 Å². The molecule has 2 heterocycles. The van der Waals surface area contributed by atoms with Crippen molar-refractivity contribution >= 4 is 0 Å². The Balaban J connectivity index is 1.86. The fraction of sp³-hybridized carbons (Fsp3) is 0.125. The number of hydrogen-bond acceptors (Lipinski definition) is 5. The molecule has 0 saturated carbocycles. The van der Waals surface area contributed by atoms with Crippen LogP contribution >= 0.6 is 0 Å². The van der Waals surface area contributed by atoms with Gasteiger partial charge in [-0.15, -0.1) is 0 Å². The maximum absolute atomic E-state index is 5.46. The van der Waals surface area contributed by atoms with Crippen LogP contribution in [0.25, 0.3) is 22.5 Å². The Morgan fingerprint density at radius 3 is 2.55 bits per heavy atom. The van der Waals surface area contributed by atoms with E-state index in [0.29, 0.717) is 17.2 Å². The van der Waals surface area contributed by atoms with Crippen LogP contribution < -0.4 is 14.2 Å². The molecule has 0 spiro atoms. The molecule has 1 aromatic heterocycles. The molecule has 6 heteroatoms. The molecular formula is C16H13N3O3. The minimum atomic E-state index is 0.194. The van der Waals surface area contributed by atoms with Crippen LogP contribution in [0.15, 0.2) is 42.5 Å². The van der Waals surface area contributed by atoms with Crippen molar-refractivity contribution in [3.8, 4) is 39.8 Å². The second-order valence-electron chi connectivity index (χ2n) is 4.80. The monoisotopic (exact) mass is 295 g/mol. The molecular weight excluding hydrogens is 282 g/mol. The number of ether oxygens (including phenoxy) is 3. The van der Waals surface area contributed by atoms with Crippen LogP contribution in [-0.2, 0) is 0 Å². The molecule has 1 aliphatic heterocycles. The molecule has 3 aromatic rings. The first-order valence-corrected chi connectivity index (χ1v) is 6.81. The quantitative estimate of drug-likeness (QED) is 0.804. The summed E-state index contributed by atoms with van der Waals surface area (Å²) in [5, 5.41) is 11.2. The van der Waals surface area contributed by atoms with E-state index in [1.807, 2.05) is 42.5 Å². The van der Waals surface area contributed by atoms with Crippen molar-refractivity contribution in [2.24, 2.45) is 0 Å². The lowest BCUT2D eigenvalue weighted by atomic mass is 10.0. The minimum Gasteiger partial charge on any atom is -0.493 e. The molecule has 0 atom stereocenters. The van der Waals surface area contributed by atoms with Crippen LogP contribution in [0.1, 0.15) is 0 Å². The standard InChI is InChI=1S/C16H13N3O3/c1-20-12-7-11(8-13-16(12)22-9-21-13)15-14(17-19-18-15)10-5-3-2-4-6-10/h2-8H,9H2,1H3,(H,17,18,19). The number of benzene rings is 2. The molecule has 0 fully saturated rings. The van der Waals surface area contributed by atoms with Crippen LogP contribution in [0.3, 0.4) is 0 Å². The van der Waals surface area contributed by atoms with Gasteiger partial charge in [-0.25, -0.2) is 0 Å². The fourth-order valence-corrected chi connectivity index (χ4v) is 2.50. The Labute approximate surface area is 126 Å². The Hall–Kier alpha value is -3.02. The van der Waals surface area contributed by atoms with Crippen LogP contribution in [-0.4, -0.2) is 29.3 Å². The molecule has 0 bridgehead atoms. The molecule has 0 radical (unpaired) electrons. The van der Waals surface area contributed by atoms with E-state index in [-0.39, 0.29) is 6.79 Å². The zero-order valence-corrected chi connectivity index (χ0v) is 11.9. The van der Waals surface area contributed by atoms with Crippen molar-refractivity contribution in [3.63, 3.8) is 0 Å². The average molecular weight is 295 g/mol. The molecule has 1 aliphatic rings. The second-order valence-corrected chi connectivity index (χ2v) is 4.80. The maximum atomic E-state index is 5.46. The van der Waals surface area contributed by atoms with Gasteiger partial charge in [-0.05, 0) is 12.1 Å². The van der Waals surface area contributed by atoms with E-state index in [9.17, 15) is 0 Å². The van der Waals surface area contributed by atoms with Crippen LogP contribution in [0.2, 0.25) is 0 Å². The maximum Gasteiger partial charge on any atom is 0.231 e. The predicted octanol–water partition coefficient (Wildman–Crippen LogP) is 2.88. The number of aromatic amines is 1. The zero-order chi connectivity index (χ0) is 14.9. The van der Waals surface area contributed by atoms with Crippen LogP contribution in [0.4, 0.5) is 0 Å². The highest BCUT2D eigenvalue weighted by molar-refractivity contribution is 5.80. The largest absolute Gasteiger partial charge is 0.493 e. The number of methoxy groups -OCH3 is 1. The van der Waals surface area contributed by atoms with Gasteiger partial charge in [0.05, 0.1) is 7.11 Å². The first kappa shape index (κ1) is 12.7. The van der Waals surface area contributed by atoms with Gasteiger partial charge in [0, 0.05) is 11.1 Å². The Morgan fingerprint density at radius 2 is 1.77 bits per heavy atom. The topological polar surface area (TPSA) is 69.3 Å². The average Bonchev–Trinajstić information content (AvgIpc) is 3.23. The third-order valence-corrected chi connectivity index (χ3v) is 3.53. The molecule has 2 aromatic carbocycles. The van der Waals surface area contributed by atoms with Crippen molar-refractivity contribution < 1.29 is 14.2 Å². The Morgan fingerprint density at radius 1 is 1.00 bits per heavy atom.